The molecule has 9 heteroatoms. The number of ether oxygens (including phenoxy) is 1. The second-order valence-electron chi connectivity index (χ2n) is 6.83. The van der Waals surface area contributed by atoms with Gasteiger partial charge in [-0.15, -0.1) is 13.2 Å². The highest BCUT2D eigenvalue weighted by Crippen LogP contribution is 2.39. The first kappa shape index (κ1) is 17.8. The summed E-state index contributed by atoms with van der Waals surface area (Å²) in [6, 6.07) is 4.17. The number of anilines is 1. The zero-order valence-corrected chi connectivity index (χ0v) is 15.1. The lowest BCUT2D eigenvalue weighted by Gasteiger charge is -2.39. The molecule has 144 valence electrons. The Hall–Kier alpha value is -2.55. The molecule has 0 bridgehead atoms. The summed E-state index contributed by atoms with van der Waals surface area (Å²) < 4.78 is 41.8. The Morgan fingerprint density at radius 3 is 2.56 bits per heavy atom. The van der Waals surface area contributed by atoms with E-state index in [9.17, 15) is 13.2 Å². The van der Waals surface area contributed by atoms with E-state index in [1.54, 1.807) is 11.0 Å². The second kappa shape index (κ2) is 6.56. The molecule has 0 radical (unpaired) electrons. The van der Waals surface area contributed by atoms with Crippen molar-refractivity contribution in [3.8, 4) is 5.75 Å². The van der Waals surface area contributed by atoms with Gasteiger partial charge in [0.1, 0.15) is 5.75 Å². The Morgan fingerprint density at radius 2 is 1.85 bits per heavy atom. The van der Waals surface area contributed by atoms with Crippen molar-refractivity contribution in [3.05, 3.63) is 30.5 Å². The summed E-state index contributed by atoms with van der Waals surface area (Å²) in [6.45, 7) is 5.45. The number of aliphatic imine (C=N–C) groups is 2. The predicted molar refractivity (Wildman–Crippen MR) is 97.8 cm³/mol. The zero-order chi connectivity index (χ0) is 19.2. The summed E-state index contributed by atoms with van der Waals surface area (Å²) in [6.07, 6.45) is -0.994. The van der Waals surface area contributed by atoms with Crippen LogP contribution in [0.1, 0.15) is 6.92 Å². The highest BCUT2D eigenvalue weighted by Gasteiger charge is 2.34. The van der Waals surface area contributed by atoms with Crippen molar-refractivity contribution in [1.29, 1.82) is 0 Å². The third kappa shape index (κ3) is 3.64. The number of hydrogen-bond acceptors (Lipinski definition) is 6. The standard InChI is InChI=1S/C18H20F3N5O/c1-12-5-6-26-15-11-13(27-18(19,20)21)3-4-14(15)23-16(17(26)22-12)25-9-7-24(2)8-10-25/h3-6,11-12H,7-10H2,1-2H3. The molecule has 4 rings (SSSR count). The fourth-order valence-corrected chi connectivity index (χ4v) is 3.32. The van der Waals surface area contributed by atoms with Gasteiger partial charge in [-0.3, -0.25) is 9.89 Å². The third-order valence-electron chi connectivity index (χ3n) is 4.74. The van der Waals surface area contributed by atoms with Gasteiger partial charge in [0, 0.05) is 38.4 Å². The molecule has 1 fully saturated rings. The van der Waals surface area contributed by atoms with E-state index in [0.717, 1.165) is 32.0 Å². The number of halogens is 3. The average Bonchev–Trinajstić information content (AvgIpc) is 2.60. The van der Waals surface area contributed by atoms with Crippen molar-refractivity contribution in [3.63, 3.8) is 0 Å². The number of nitrogens with zero attached hydrogens (tertiary/aromatic N) is 5. The topological polar surface area (TPSA) is 43.7 Å². The lowest BCUT2D eigenvalue weighted by molar-refractivity contribution is -0.274. The molecular weight excluding hydrogens is 359 g/mol. The monoisotopic (exact) mass is 379 g/mol. The van der Waals surface area contributed by atoms with Crippen molar-refractivity contribution < 1.29 is 17.9 Å². The van der Waals surface area contributed by atoms with Crippen LogP contribution in [0.4, 0.5) is 24.5 Å². The Morgan fingerprint density at radius 1 is 1.11 bits per heavy atom. The molecule has 6 nitrogen and oxygen atoms in total. The smallest absolute Gasteiger partial charge is 0.406 e. The van der Waals surface area contributed by atoms with E-state index in [4.69, 9.17) is 4.99 Å². The van der Waals surface area contributed by atoms with Gasteiger partial charge in [-0.1, -0.05) is 0 Å². The molecule has 0 spiro atoms. The lowest BCUT2D eigenvalue weighted by atomic mass is 10.1. The van der Waals surface area contributed by atoms with Crippen molar-refractivity contribution in [2.45, 2.75) is 19.3 Å². The molecule has 3 heterocycles. The minimum atomic E-state index is -4.74. The van der Waals surface area contributed by atoms with Crippen LogP contribution in [-0.4, -0.2) is 67.1 Å². The van der Waals surface area contributed by atoms with Crippen LogP contribution in [0.25, 0.3) is 0 Å². The Kier molecular flexibility index (Phi) is 4.33. The van der Waals surface area contributed by atoms with E-state index < -0.39 is 6.36 Å². The molecule has 1 unspecified atom stereocenters. The van der Waals surface area contributed by atoms with Crippen LogP contribution < -0.4 is 9.64 Å². The lowest BCUT2D eigenvalue weighted by Crippen LogP contribution is -2.53. The summed E-state index contributed by atoms with van der Waals surface area (Å²) in [5.74, 6) is 1.15. The minimum Gasteiger partial charge on any atom is -0.406 e. The van der Waals surface area contributed by atoms with Crippen molar-refractivity contribution >= 4 is 23.0 Å². The minimum absolute atomic E-state index is 0.0231. The maximum atomic E-state index is 12.6. The van der Waals surface area contributed by atoms with Crippen LogP contribution in [0.15, 0.2) is 40.5 Å². The number of likely N-dealkylation sites (N-methyl/N-ethyl adjacent to an activating group) is 1. The van der Waals surface area contributed by atoms with Crippen LogP contribution >= 0.6 is 0 Å². The van der Waals surface area contributed by atoms with Gasteiger partial charge >= 0.3 is 6.36 Å². The molecule has 0 aliphatic carbocycles. The van der Waals surface area contributed by atoms with Crippen LogP contribution in [0.2, 0.25) is 0 Å². The maximum absolute atomic E-state index is 12.6. The first-order chi connectivity index (χ1) is 12.8. The fraction of sp³-hybridized carbons (Fsp3) is 0.444. The zero-order valence-electron chi connectivity index (χ0n) is 15.1. The number of benzene rings is 1. The summed E-state index contributed by atoms with van der Waals surface area (Å²) >= 11 is 0. The molecule has 0 saturated carbocycles. The SMILES string of the molecule is CC1C=CN2C(=N1)C(N1CCN(C)CC1)=Nc1ccc(OC(F)(F)F)cc12. The number of rotatable bonds is 1. The molecular formula is C18H20F3N5O. The molecule has 1 aromatic rings. The largest absolute Gasteiger partial charge is 0.573 e. The van der Waals surface area contributed by atoms with Gasteiger partial charge in [-0.25, -0.2) is 4.99 Å². The number of amidine groups is 2. The van der Waals surface area contributed by atoms with E-state index in [1.165, 1.54) is 12.1 Å². The Labute approximate surface area is 155 Å². The van der Waals surface area contributed by atoms with Crippen LogP contribution in [0.5, 0.6) is 5.75 Å². The van der Waals surface area contributed by atoms with Crippen LogP contribution in [-0.2, 0) is 0 Å². The second-order valence-corrected chi connectivity index (χ2v) is 6.83. The number of piperazine rings is 1. The maximum Gasteiger partial charge on any atom is 0.573 e. The van der Waals surface area contributed by atoms with Gasteiger partial charge in [0.25, 0.3) is 0 Å². The van der Waals surface area contributed by atoms with Crippen LogP contribution in [0, 0.1) is 0 Å². The average molecular weight is 379 g/mol. The van der Waals surface area contributed by atoms with E-state index in [0.29, 0.717) is 17.2 Å². The van der Waals surface area contributed by atoms with Gasteiger partial charge in [-0.05, 0) is 32.2 Å². The summed E-state index contributed by atoms with van der Waals surface area (Å²) in [5, 5.41) is 0. The van der Waals surface area contributed by atoms with Crippen LogP contribution in [0.3, 0.4) is 0 Å². The predicted octanol–water partition coefficient (Wildman–Crippen LogP) is 3.00. The van der Waals surface area contributed by atoms with Gasteiger partial charge < -0.3 is 14.5 Å². The number of fused-ring (bicyclic) bond motifs is 3. The first-order valence-corrected chi connectivity index (χ1v) is 8.78. The quantitative estimate of drug-likeness (QED) is 0.753. The molecule has 0 amide bonds. The first-order valence-electron chi connectivity index (χ1n) is 8.78. The van der Waals surface area contributed by atoms with E-state index in [2.05, 4.69) is 26.6 Å². The molecule has 1 atom stereocenters. The molecule has 1 aromatic carbocycles. The summed E-state index contributed by atoms with van der Waals surface area (Å²) in [4.78, 5) is 15.6. The Balaban J connectivity index is 1.74. The van der Waals surface area contributed by atoms with E-state index in [-0.39, 0.29) is 11.8 Å². The normalized spacial score (nSPS) is 22.8. The fourth-order valence-electron chi connectivity index (χ4n) is 3.32. The molecule has 3 aliphatic heterocycles. The number of hydrogen-bond donors (Lipinski definition) is 0. The highest BCUT2D eigenvalue weighted by molar-refractivity contribution is 6.47. The van der Waals surface area contributed by atoms with E-state index in [1.807, 2.05) is 19.2 Å². The van der Waals surface area contributed by atoms with Crippen molar-refractivity contribution in [2.24, 2.45) is 9.98 Å². The van der Waals surface area contributed by atoms with Gasteiger partial charge in [0.15, 0.2) is 11.7 Å². The molecule has 27 heavy (non-hydrogen) atoms. The molecule has 1 saturated heterocycles. The Bertz CT molecular complexity index is 825. The molecule has 3 aliphatic rings. The summed E-state index contributed by atoms with van der Waals surface area (Å²) in [7, 11) is 2.08. The summed E-state index contributed by atoms with van der Waals surface area (Å²) in [5.41, 5.74) is 1.12. The van der Waals surface area contributed by atoms with E-state index >= 15 is 0 Å². The molecule has 0 aromatic heterocycles. The van der Waals surface area contributed by atoms with Gasteiger partial charge in [-0.2, -0.15) is 0 Å². The van der Waals surface area contributed by atoms with Crippen molar-refractivity contribution in [2.75, 3.05) is 38.1 Å². The van der Waals surface area contributed by atoms with Gasteiger partial charge in [0.05, 0.1) is 17.4 Å². The third-order valence-corrected chi connectivity index (χ3v) is 4.74. The highest BCUT2D eigenvalue weighted by atomic mass is 19.4. The number of alkyl halides is 3. The van der Waals surface area contributed by atoms with Gasteiger partial charge in [0.2, 0.25) is 0 Å². The molecule has 0 N–H and O–H groups in total. The van der Waals surface area contributed by atoms with Crippen molar-refractivity contribution in [1.82, 2.24) is 9.80 Å².